The lowest BCUT2D eigenvalue weighted by Crippen LogP contribution is -2.52. The van der Waals surface area contributed by atoms with Gasteiger partial charge in [0.2, 0.25) is 5.91 Å². The number of rotatable bonds is 11. The van der Waals surface area contributed by atoms with Crippen molar-refractivity contribution in [2.75, 3.05) is 73.7 Å². The van der Waals surface area contributed by atoms with Gasteiger partial charge < -0.3 is 29.1 Å². The van der Waals surface area contributed by atoms with Crippen LogP contribution in [0.2, 0.25) is 0 Å². The van der Waals surface area contributed by atoms with Gasteiger partial charge in [0.15, 0.2) is 0 Å². The van der Waals surface area contributed by atoms with E-state index in [2.05, 4.69) is 0 Å². The van der Waals surface area contributed by atoms with Crippen LogP contribution >= 0.6 is 0 Å². The molecule has 1 aliphatic rings. The van der Waals surface area contributed by atoms with Gasteiger partial charge in [0.25, 0.3) is 0 Å². The fourth-order valence-electron chi connectivity index (χ4n) is 4.02. The molecule has 0 unspecified atom stereocenters. The minimum atomic E-state index is -1.47. The normalized spacial score (nSPS) is 18.8. The van der Waals surface area contributed by atoms with Gasteiger partial charge in [-0.2, -0.15) is 0 Å². The molecule has 0 bridgehead atoms. The van der Waals surface area contributed by atoms with Crippen LogP contribution in [0.3, 0.4) is 0 Å². The molecule has 0 saturated carbocycles. The second-order valence-corrected chi connectivity index (χ2v) is 9.37. The zero-order valence-corrected chi connectivity index (χ0v) is 21.1. The Labute approximate surface area is 210 Å². The van der Waals surface area contributed by atoms with E-state index in [1.54, 1.807) is 0 Å². The monoisotopic (exact) mass is 507 g/mol. The van der Waals surface area contributed by atoms with Crippen molar-refractivity contribution in [3.8, 4) is 11.5 Å². The van der Waals surface area contributed by atoms with E-state index in [0.717, 1.165) is 36.1 Å². The largest absolute Gasteiger partial charge is 0.492 e. The molecule has 0 radical (unpaired) electrons. The smallest absolute Gasteiger partial charge is 0.248 e. The molecule has 0 aliphatic carbocycles. The Hall–Kier alpha value is -2.79. The Morgan fingerprint density at radius 2 is 1.72 bits per heavy atom. The van der Waals surface area contributed by atoms with Crippen molar-refractivity contribution in [2.24, 2.45) is 0 Å². The third-order valence-electron chi connectivity index (χ3n) is 5.79. The first-order valence-corrected chi connectivity index (χ1v) is 11.8. The van der Waals surface area contributed by atoms with E-state index in [0.29, 0.717) is 26.2 Å². The number of carbonyl (C=O) groups is 1. The molecule has 1 N–H and O–H groups in total. The first kappa shape index (κ1) is 27.8. The summed E-state index contributed by atoms with van der Waals surface area (Å²) in [4.78, 5) is 18.1. The molecule has 1 fully saturated rings. The maximum Gasteiger partial charge on any atom is 0.248 e. The van der Waals surface area contributed by atoms with E-state index in [1.165, 1.54) is 12.0 Å². The Morgan fingerprint density at radius 3 is 2.36 bits per heavy atom. The van der Waals surface area contributed by atoms with E-state index in [-0.39, 0.29) is 38.0 Å². The highest BCUT2D eigenvalue weighted by molar-refractivity contribution is 5.77. The van der Waals surface area contributed by atoms with Crippen LogP contribution in [-0.2, 0) is 16.1 Å². The van der Waals surface area contributed by atoms with Gasteiger partial charge >= 0.3 is 0 Å². The van der Waals surface area contributed by atoms with Gasteiger partial charge in [-0.15, -0.1) is 0 Å². The number of methoxy groups -OCH3 is 1. The van der Waals surface area contributed by atoms with Crippen LogP contribution in [0, 0.1) is 11.6 Å². The summed E-state index contributed by atoms with van der Waals surface area (Å²) in [5.41, 5.74) is -0.458. The molecule has 8 nitrogen and oxygen atoms in total. The van der Waals surface area contributed by atoms with Crippen LogP contribution in [0.15, 0.2) is 42.5 Å². The molecular weight excluding hydrogens is 472 g/mol. The maximum atomic E-state index is 13.6. The van der Waals surface area contributed by atoms with Crippen LogP contribution in [0.25, 0.3) is 0 Å². The van der Waals surface area contributed by atoms with Gasteiger partial charge in [0.1, 0.15) is 48.6 Å². The van der Waals surface area contributed by atoms with Crippen molar-refractivity contribution >= 4 is 5.91 Å². The van der Waals surface area contributed by atoms with Crippen LogP contribution in [0.4, 0.5) is 8.78 Å². The molecule has 1 saturated heterocycles. The number of β-amino-alcohol motifs (C(OH)–C–C–N with tert-alkyl or cyclic N) is 1. The predicted octanol–water partition coefficient (Wildman–Crippen LogP) is 2.01. The van der Waals surface area contributed by atoms with Crippen molar-refractivity contribution < 1.29 is 32.9 Å². The molecule has 2 aromatic rings. The molecule has 1 heterocycles. The fourth-order valence-corrected chi connectivity index (χ4v) is 4.02. The Kier molecular flexibility index (Phi) is 10.0. The van der Waals surface area contributed by atoms with Gasteiger partial charge in [0, 0.05) is 58.0 Å². The summed E-state index contributed by atoms with van der Waals surface area (Å²) in [5, 5.41) is 11.5. The van der Waals surface area contributed by atoms with Gasteiger partial charge in [-0.05, 0) is 31.8 Å². The van der Waals surface area contributed by atoms with Crippen molar-refractivity contribution in [3.63, 3.8) is 0 Å². The van der Waals surface area contributed by atoms with Crippen molar-refractivity contribution in [3.05, 3.63) is 59.7 Å². The van der Waals surface area contributed by atoms with Crippen LogP contribution in [-0.4, -0.2) is 105 Å². The van der Waals surface area contributed by atoms with Gasteiger partial charge in [-0.1, -0.05) is 12.1 Å². The van der Waals surface area contributed by atoms with E-state index < -0.39 is 17.2 Å². The molecule has 2 aromatic carbocycles. The molecule has 1 atom stereocenters. The molecule has 198 valence electrons. The number of carbonyl (C=O) groups excluding carboxylic acids is 1. The van der Waals surface area contributed by atoms with Gasteiger partial charge in [0.05, 0.1) is 6.54 Å². The summed E-state index contributed by atoms with van der Waals surface area (Å²) < 4.78 is 43.5. The van der Waals surface area contributed by atoms with Crippen LogP contribution < -0.4 is 9.47 Å². The average Bonchev–Trinajstić information content (AvgIpc) is 2.97. The van der Waals surface area contributed by atoms with Crippen molar-refractivity contribution in [1.82, 2.24) is 14.7 Å². The third-order valence-corrected chi connectivity index (χ3v) is 5.79. The summed E-state index contributed by atoms with van der Waals surface area (Å²) in [6, 6.07) is 10.6. The van der Waals surface area contributed by atoms with Crippen LogP contribution in [0.1, 0.15) is 5.56 Å². The number of ether oxygens (including phenoxy) is 3. The first-order valence-electron chi connectivity index (χ1n) is 11.8. The standard InChI is InChI=1S/C26H35F2N3O5/c1-29(2)10-11-35-23-6-4-20(5-7-23)15-30-8-9-31(25(32)16-34-3)18-26(33,17-30)19-36-24-13-21(27)12-22(28)14-24/h4-7,12-14,33H,8-11,15-19H2,1-3H3/t26-/m0/s1. The molecule has 3 rings (SSSR count). The number of aliphatic hydroxyl groups is 1. The molecule has 1 amide bonds. The lowest BCUT2D eigenvalue weighted by Gasteiger charge is -2.33. The second-order valence-electron chi connectivity index (χ2n) is 9.37. The van der Waals surface area contributed by atoms with E-state index in [1.807, 2.05) is 48.2 Å². The molecule has 10 heteroatoms. The van der Waals surface area contributed by atoms with Crippen molar-refractivity contribution in [1.29, 1.82) is 0 Å². The number of nitrogens with zero attached hydrogens (tertiary/aromatic N) is 3. The molecular formula is C26H35F2N3O5. The molecule has 0 spiro atoms. The zero-order valence-electron chi connectivity index (χ0n) is 21.1. The Morgan fingerprint density at radius 1 is 1.03 bits per heavy atom. The molecule has 0 aromatic heterocycles. The van der Waals surface area contributed by atoms with E-state index in [9.17, 15) is 18.7 Å². The summed E-state index contributed by atoms with van der Waals surface area (Å²) in [5.74, 6) is -1.05. The minimum Gasteiger partial charge on any atom is -0.492 e. The number of amides is 1. The van der Waals surface area contributed by atoms with E-state index >= 15 is 0 Å². The molecule has 1 aliphatic heterocycles. The summed E-state index contributed by atoms with van der Waals surface area (Å²) in [7, 11) is 5.41. The quantitative estimate of drug-likeness (QED) is 0.499. The predicted molar refractivity (Wildman–Crippen MR) is 131 cm³/mol. The fraction of sp³-hybridized carbons (Fsp3) is 0.500. The number of benzene rings is 2. The highest BCUT2D eigenvalue weighted by Gasteiger charge is 2.37. The highest BCUT2D eigenvalue weighted by atomic mass is 19.1. The number of hydrogen-bond acceptors (Lipinski definition) is 7. The number of likely N-dealkylation sites (N-methyl/N-ethyl adjacent to an activating group) is 1. The maximum absolute atomic E-state index is 13.6. The van der Waals surface area contributed by atoms with E-state index in [4.69, 9.17) is 14.2 Å². The van der Waals surface area contributed by atoms with Crippen LogP contribution in [0.5, 0.6) is 11.5 Å². The minimum absolute atomic E-state index is 0.00213. The summed E-state index contributed by atoms with van der Waals surface area (Å²) >= 11 is 0. The van der Waals surface area contributed by atoms with Gasteiger partial charge in [-0.3, -0.25) is 9.69 Å². The number of halogens is 2. The highest BCUT2D eigenvalue weighted by Crippen LogP contribution is 2.22. The Bertz CT molecular complexity index is 972. The SMILES string of the molecule is COCC(=O)N1CCN(Cc2ccc(OCCN(C)C)cc2)C[C@@](O)(COc2cc(F)cc(F)c2)C1. The summed E-state index contributed by atoms with van der Waals surface area (Å²) in [6.45, 7) is 2.69. The lowest BCUT2D eigenvalue weighted by atomic mass is 10.0. The zero-order chi connectivity index (χ0) is 26.1. The summed E-state index contributed by atoms with van der Waals surface area (Å²) in [6.07, 6.45) is 0. The third kappa shape index (κ3) is 8.70. The second kappa shape index (κ2) is 13.0. The van der Waals surface area contributed by atoms with Gasteiger partial charge in [-0.25, -0.2) is 8.78 Å². The first-order chi connectivity index (χ1) is 17.2. The average molecular weight is 508 g/mol. The molecule has 36 heavy (non-hydrogen) atoms. The lowest BCUT2D eigenvalue weighted by molar-refractivity contribution is -0.138. The topological polar surface area (TPSA) is 74.7 Å². The number of hydrogen-bond donors (Lipinski definition) is 1. The van der Waals surface area contributed by atoms with Crippen molar-refractivity contribution in [2.45, 2.75) is 12.1 Å². The Balaban J connectivity index is 1.69.